The molecule has 0 spiro atoms. The first kappa shape index (κ1) is 13.9. The van der Waals surface area contributed by atoms with Crippen LogP contribution in [0.25, 0.3) is 11.3 Å². The second kappa shape index (κ2) is 6.57. The standard InChI is InChI=1S/C13H15ClN2S2/c1-15-6-5-13-16-11(8-18-13)10-7-9(14)3-4-12(10)17-2/h3-4,7-8,15H,5-6H2,1-2H3. The molecule has 1 aromatic carbocycles. The summed E-state index contributed by atoms with van der Waals surface area (Å²) in [4.78, 5) is 5.89. The second-order valence-corrected chi connectivity index (χ2v) is 6.05. The van der Waals surface area contributed by atoms with Crippen molar-refractivity contribution in [3.63, 3.8) is 0 Å². The Morgan fingerprint density at radius 3 is 3.00 bits per heavy atom. The van der Waals surface area contributed by atoms with E-state index in [1.807, 2.05) is 19.2 Å². The molecule has 0 saturated carbocycles. The van der Waals surface area contributed by atoms with Crippen molar-refractivity contribution >= 4 is 34.7 Å². The van der Waals surface area contributed by atoms with E-state index in [9.17, 15) is 0 Å². The monoisotopic (exact) mass is 298 g/mol. The van der Waals surface area contributed by atoms with Gasteiger partial charge in [-0.25, -0.2) is 4.98 Å². The lowest BCUT2D eigenvalue weighted by Crippen LogP contribution is -2.09. The van der Waals surface area contributed by atoms with Gasteiger partial charge in [-0.05, 0) is 31.5 Å². The smallest absolute Gasteiger partial charge is 0.0945 e. The lowest BCUT2D eigenvalue weighted by Gasteiger charge is -2.05. The van der Waals surface area contributed by atoms with Gasteiger partial charge in [0.15, 0.2) is 0 Å². The van der Waals surface area contributed by atoms with E-state index in [4.69, 9.17) is 11.6 Å². The molecule has 0 saturated heterocycles. The molecule has 1 aromatic heterocycles. The van der Waals surface area contributed by atoms with Crippen molar-refractivity contribution in [3.8, 4) is 11.3 Å². The van der Waals surface area contributed by atoms with Crippen molar-refractivity contribution in [2.45, 2.75) is 11.3 Å². The third-order valence-electron chi connectivity index (χ3n) is 2.58. The molecule has 5 heteroatoms. The summed E-state index contributed by atoms with van der Waals surface area (Å²) in [5.41, 5.74) is 2.15. The maximum Gasteiger partial charge on any atom is 0.0945 e. The van der Waals surface area contributed by atoms with Crippen molar-refractivity contribution in [2.24, 2.45) is 0 Å². The largest absolute Gasteiger partial charge is 0.319 e. The fourth-order valence-electron chi connectivity index (χ4n) is 1.66. The average molecular weight is 299 g/mol. The molecule has 0 fully saturated rings. The zero-order valence-electron chi connectivity index (χ0n) is 10.4. The van der Waals surface area contributed by atoms with E-state index in [2.05, 4.69) is 28.0 Å². The molecule has 2 nitrogen and oxygen atoms in total. The average Bonchev–Trinajstić information content (AvgIpc) is 2.85. The molecule has 0 aliphatic carbocycles. The Morgan fingerprint density at radius 2 is 2.28 bits per heavy atom. The summed E-state index contributed by atoms with van der Waals surface area (Å²) in [5.74, 6) is 0. The van der Waals surface area contributed by atoms with E-state index in [0.29, 0.717) is 0 Å². The first-order chi connectivity index (χ1) is 8.74. The number of halogens is 1. The summed E-state index contributed by atoms with van der Waals surface area (Å²) >= 11 is 9.50. The summed E-state index contributed by atoms with van der Waals surface area (Å²) in [5, 5.41) is 7.16. The molecule has 18 heavy (non-hydrogen) atoms. The number of thioether (sulfide) groups is 1. The first-order valence-electron chi connectivity index (χ1n) is 5.67. The number of nitrogens with one attached hydrogen (secondary N) is 1. The molecule has 0 unspecified atom stereocenters. The number of aromatic nitrogens is 1. The summed E-state index contributed by atoms with van der Waals surface area (Å²) < 4.78 is 0. The highest BCUT2D eigenvalue weighted by Gasteiger charge is 2.09. The molecule has 0 aliphatic heterocycles. The number of hydrogen-bond acceptors (Lipinski definition) is 4. The van der Waals surface area contributed by atoms with Gasteiger partial charge in [-0.2, -0.15) is 0 Å². The van der Waals surface area contributed by atoms with Gasteiger partial charge in [0.1, 0.15) is 0 Å². The minimum Gasteiger partial charge on any atom is -0.319 e. The molecule has 0 radical (unpaired) electrons. The van der Waals surface area contributed by atoms with Crippen molar-refractivity contribution in [1.82, 2.24) is 10.3 Å². The highest BCUT2D eigenvalue weighted by molar-refractivity contribution is 7.98. The first-order valence-corrected chi connectivity index (χ1v) is 8.15. The van der Waals surface area contributed by atoms with Crippen LogP contribution in [-0.4, -0.2) is 24.8 Å². The Kier molecular flexibility index (Phi) is 5.06. The van der Waals surface area contributed by atoms with Crippen LogP contribution in [0.15, 0.2) is 28.5 Å². The van der Waals surface area contributed by atoms with Gasteiger partial charge in [0.2, 0.25) is 0 Å². The molecular formula is C13H15ClN2S2. The molecule has 0 aliphatic rings. The van der Waals surface area contributed by atoms with Crippen LogP contribution < -0.4 is 5.32 Å². The summed E-state index contributed by atoms with van der Waals surface area (Å²) in [6.07, 6.45) is 3.04. The summed E-state index contributed by atoms with van der Waals surface area (Å²) in [7, 11) is 1.96. The summed E-state index contributed by atoms with van der Waals surface area (Å²) in [6.45, 7) is 0.956. The molecular weight excluding hydrogens is 284 g/mol. The molecule has 0 atom stereocenters. The fraction of sp³-hybridized carbons (Fsp3) is 0.308. The van der Waals surface area contributed by atoms with Crippen LogP contribution in [0.2, 0.25) is 5.02 Å². The van der Waals surface area contributed by atoms with Gasteiger partial charge in [0.25, 0.3) is 0 Å². The van der Waals surface area contributed by atoms with Gasteiger partial charge in [0, 0.05) is 33.8 Å². The number of thiazole rings is 1. The van der Waals surface area contributed by atoms with E-state index < -0.39 is 0 Å². The van der Waals surface area contributed by atoms with Crippen LogP contribution in [-0.2, 0) is 6.42 Å². The van der Waals surface area contributed by atoms with E-state index in [-0.39, 0.29) is 0 Å². The SMILES string of the molecule is CNCCc1nc(-c2cc(Cl)ccc2SC)cs1. The molecule has 0 amide bonds. The predicted octanol–water partition coefficient (Wildman–Crippen LogP) is 3.95. The van der Waals surface area contributed by atoms with E-state index in [0.717, 1.165) is 34.3 Å². The number of nitrogens with zero attached hydrogens (tertiary/aromatic N) is 1. The number of likely N-dealkylation sites (N-methyl/N-ethyl adjacent to an activating group) is 1. The van der Waals surface area contributed by atoms with Gasteiger partial charge in [-0.15, -0.1) is 23.1 Å². The minimum absolute atomic E-state index is 0.757. The van der Waals surface area contributed by atoms with Crippen LogP contribution in [0.1, 0.15) is 5.01 Å². The van der Waals surface area contributed by atoms with Gasteiger partial charge in [0.05, 0.1) is 10.7 Å². The van der Waals surface area contributed by atoms with Gasteiger partial charge in [-0.3, -0.25) is 0 Å². The van der Waals surface area contributed by atoms with Crippen LogP contribution in [0, 0.1) is 0 Å². The number of benzene rings is 1. The highest BCUT2D eigenvalue weighted by Crippen LogP contribution is 2.33. The topological polar surface area (TPSA) is 24.9 Å². The van der Waals surface area contributed by atoms with Crippen LogP contribution in [0.4, 0.5) is 0 Å². The third-order valence-corrected chi connectivity index (χ3v) is 4.52. The molecule has 96 valence electrons. The molecule has 1 N–H and O–H groups in total. The number of rotatable bonds is 5. The zero-order chi connectivity index (χ0) is 13.0. The van der Waals surface area contributed by atoms with Gasteiger partial charge < -0.3 is 5.32 Å². The lowest BCUT2D eigenvalue weighted by atomic mass is 10.2. The molecule has 2 rings (SSSR count). The lowest BCUT2D eigenvalue weighted by molar-refractivity contribution is 0.788. The van der Waals surface area contributed by atoms with E-state index in [1.165, 1.54) is 4.90 Å². The Labute approximate surface area is 121 Å². The second-order valence-electron chi connectivity index (χ2n) is 3.82. The fourth-order valence-corrected chi connectivity index (χ4v) is 3.22. The Balaban J connectivity index is 2.30. The van der Waals surface area contributed by atoms with E-state index in [1.54, 1.807) is 23.1 Å². The molecule has 1 heterocycles. The van der Waals surface area contributed by atoms with Crippen molar-refractivity contribution in [2.75, 3.05) is 19.8 Å². The van der Waals surface area contributed by atoms with E-state index >= 15 is 0 Å². The minimum atomic E-state index is 0.757. The zero-order valence-corrected chi connectivity index (χ0v) is 12.8. The van der Waals surface area contributed by atoms with Crippen LogP contribution in [0.5, 0.6) is 0 Å². The normalized spacial score (nSPS) is 10.8. The van der Waals surface area contributed by atoms with Crippen molar-refractivity contribution in [1.29, 1.82) is 0 Å². The van der Waals surface area contributed by atoms with Crippen molar-refractivity contribution in [3.05, 3.63) is 33.6 Å². The van der Waals surface area contributed by atoms with Gasteiger partial charge in [-0.1, -0.05) is 11.6 Å². The third kappa shape index (κ3) is 3.26. The maximum atomic E-state index is 6.07. The number of hydrogen-bond donors (Lipinski definition) is 1. The van der Waals surface area contributed by atoms with Crippen LogP contribution in [0.3, 0.4) is 0 Å². The van der Waals surface area contributed by atoms with Gasteiger partial charge >= 0.3 is 0 Å². The Bertz CT molecular complexity index is 525. The Hall–Kier alpha value is -0.550. The predicted molar refractivity (Wildman–Crippen MR) is 82.0 cm³/mol. The quantitative estimate of drug-likeness (QED) is 0.846. The van der Waals surface area contributed by atoms with Crippen molar-refractivity contribution < 1.29 is 0 Å². The summed E-state index contributed by atoms with van der Waals surface area (Å²) in [6, 6.07) is 5.96. The molecule has 2 aromatic rings. The van der Waals surface area contributed by atoms with Crippen LogP contribution >= 0.6 is 34.7 Å². The Morgan fingerprint density at radius 1 is 1.44 bits per heavy atom. The highest BCUT2D eigenvalue weighted by atomic mass is 35.5. The molecule has 0 bridgehead atoms. The maximum absolute atomic E-state index is 6.07.